The van der Waals surface area contributed by atoms with E-state index in [1.165, 1.54) is 42.5 Å². The Balaban J connectivity index is 2.07. The second-order valence-electron chi connectivity index (χ2n) is 5.32. The lowest BCUT2D eigenvalue weighted by Crippen LogP contribution is -2.06. The summed E-state index contributed by atoms with van der Waals surface area (Å²) in [4.78, 5) is 3.34. The van der Waals surface area contributed by atoms with Crippen molar-refractivity contribution in [3.63, 3.8) is 0 Å². The van der Waals surface area contributed by atoms with Gasteiger partial charge >= 0.3 is 0 Å². The maximum Gasteiger partial charge on any atom is 0.0943 e. The van der Waals surface area contributed by atoms with E-state index in [1.807, 2.05) is 0 Å². The first-order chi connectivity index (χ1) is 7.59. The summed E-state index contributed by atoms with van der Waals surface area (Å²) in [6, 6.07) is 0. The van der Waals surface area contributed by atoms with Gasteiger partial charge in [-0.2, -0.15) is 0 Å². The second-order valence-corrected chi connectivity index (χ2v) is 5.32. The van der Waals surface area contributed by atoms with E-state index in [2.05, 4.69) is 25.8 Å². The third-order valence-corrected chi connectivity index (χ3v) is 4.22. The fraction of sp³-hybridized carbons (Fsp3) is 0.714. The maximum atomic E-state index is 10.3. The zero-order valence-electron chi connectivity index (χ0n) is 10.6. The van der Waals surface area contributed by atoms with Crippen LogP contribution in [0.3, 0.4) is 0 Å². The Hall–Kier alpha value is -0.760. The number of hydrogen-bond donors (Lipinski definition) is 2. The Bertz CT molecular complexity index is 361. The molecular weight excluding hydrogens is 198 g/mol. The molecule has 2 heteroatoms. The first kappa shape index (κ1) is 11.7. The average molecular weight is 221 g/mol. The van der Waals surface area contributed by atoms with E-state index in [9.17, 15) is 5.11 Å². The van der Waals surface area contributed by atoms with Crippen molar-refractivity contribution in [1.29, 1.82) is 0 Å². The maximum absolute atomic E-state index is 10.3. The molecular formula is C14H23NO. The SMILES string of the molecule is Cc1[nH]c(C(O)CC2CCCC2)c(C)c1C. The van der Waals surface area contributed by atoms with Crippen LogP contribution in [0.15, 0.2) is 0 Å². The summed E-state index contributed by atoms with van der Waals surface area (Å²) in [6.45, 7) is 6.30. The Labute approximate surface area is 98.1 Å². The highest BCUT2D eigenvalue weighted by molar-refractivity contribution is 5.35. The molecule has 1 aliphatic rings. The van der Waals surface area contributed by atoms with Crippen LogP contribution in [0, 0.1) is 26.7 Å². The van der Waals surface area contributed by atoms with Crippen molar-refractivity contribution in [2.45, 2.75) is 59.0 Å². The number of H-pyrrole nitrogens is 1. The van der Waals surface area contributed by atoms with Crippen LogP contribution in [0.25, 0.3) is 0 Å². The van der Waals surface area contributed by atoms with Gasteiger partial charge in [-0.25, -0.2) is 0 Å². The predicted molar refractivity (Wildman–Crippen MR) is 66.5 cm³/mol. The van der Waals surface area contributed by atoms with Crippen LogP contribution in [0.4, 0.5) is 0 Å². The van der Waals surface area contributed by atoms with Crippen molar-refractivity contribution in [3.8, 4) is 0 Å². The van der Waals surface area contributed by atoms with E-state index in [1.54, 1.807) is 0 Å². The molecule has 0 aromatic carbocycles. The van der Waals surface area contributed by atoms with Gasteiger partial charge in [-0.1, -0.05) is 25.7 Å². The minimum atomic E-state index is -0.296. The molecule has 2 N–H and O–H groups in total. The number of hydrogen-bond acceptors (Lipinski definition) is 1. The van der Waals surface area contributed by atoms with Gasteiger partial charge in [0.05, 0.1) is 6.10 Å². The Morgan fingerprint density at radius 3 is 2.31 bits per heavy atom. The average Bonchev–Trinajstić information content (AvgIpc) is 2.83. The normalized spacial score (nSPS) is 19.2. The minimum Gasteiger partial charge on any atom is -0.387 e. The second kappa shape index (κ2) is 4.62. The summed E-state index contributed by atoms with van der Waals surface area (Å²) in [5, 5.41) is 10.3. The molecule has 1 saturated carbocycles. The quantitative estimate of drug-likeness (QED) is 0.804. The highest BCUT2D eigenvalue weighted by Gasteiger charge is 2.22. The molecule has 0 radical (unpaired) electrons. The van der Waals surface area contributed by atoms with Gasteiger partial charge in [0.2, 0.25) is 0 Å². The molecule has 1 heterocycles. The first-order valence-electron chi connectivity index (χ1n) is 6.43. The van der Waals surface area contributed by atoms with Crippen molar-refractivity contribution in [1.82, 2.24) is 4.98 Å². The van der Waals surface area contributed by atoms with Crippen molar-refractivity contribution in [2.24, 2.45) is 5.92 Å². The monoisotopic (exact) mass is 221 g/mol. The molecule has 1 fully saturated rings. The fourth-order valence-electron chi connectivity index (χ4n) is 2.89. The number of aromatic nitrogens is 1. The highest BCUT2D eigenvalue weighted by atomic mass is 16.3. The third kappa shape index (κ3) is 2.17. The lowest BCUT2D eigenvalue weighted by molar-refractivity contribution is 0.140. The van der Waals surface area contributed by atoms with Crippen LogP contribution in [0.1, 0.15) is 60.7 Å². The van der Waals surface area contributed by atoms with E-state index in [-0.39, 0.29) is 6.10 Å². The molecule has 0 saturated heterocycles. The molecule has 0 spiro atoms. The number of aromatic amines is 1. The van der Waals surface area contributed by atoms with Crippen LogP contribution in [0.2, 0.25) is 0 Å². The van der Waals surface area contributed by atoms with Gasteiger partial charge in [0.15, 0.2) is 0 Å². The summed E-state index contributed by atoms with van der Waals surface area (Å²) in [5.41, 5.74) is 4.77. The van der Waals surface area contributed by atoms with Crippen molar-refractivity contribution >= 4 is 0 Å². The number of nitrogens with one attached hydrogen (secondary N) is 1. The van der Waals surface area contributed by atoms with Crippen LogP contribution >= 0.6 is 0 Å². The van der Waals surface area contributed by atoms with E-state index < -0.39 is 0 Å². The number of aliphatic hydroxyl groups excluding tert-OH is 1. The minimum absolute atomic E-state index is 0.296. The molecule has 1 aromatic heterocycles. The first-order valence-corrected chi connectivity index (χ1v) is 6.43. The molecule has 1 aliphatic carbocycles. The number of aryl methyl sites for hydroxylation is 1. The number of rotatable bonds is 3. The van der Waals surface area contributed by atoms with Gasteiger partial charge < -0.3 is 10.1 Å². The Morgan fingerprint density at radius 2 is 1.81 bits per heavy atom. The highest BCUT2D eigenvalue weighted by Crippen LogP contribution is 2.34. The van der Waals surface area contributed by atoms with Gasteiger partial charge in [0.25, 0.3) is 0 Å². The van der Waals surface area contributed by atoms with E-state index in [0.717, 1.165) is 18.0 Å². The Kier molecular flexibility index (Phi) is 3.38. The van der Waals surface area contributed by atoms with Gasteiger partial charge in [0.1, 0.15) is 0 Å². The van der Waals surface area contributed by atoms with E-state index in [4.69, 9.17) is 0 Å². The van der Waals surface area contributed by atoms with Gasteiger partial charge in [-0.05, 0) is 44.2 Å². The molecule has 0 aliphatic heterocycles. The standard InChI is InChI=1S/C14H23NO/c1-9-10(2)14(15-11(9)3)13(16)8-12-6-4-5-7-12/h12-13,15-16H,4-8H2,1-3H3. The van der Waals surface area contributed by atoms with Crippen LogP contribution in [0.5, 0.6) is 0 Å². The molecule has 1 aromatic rings. The summed E-state index contributed by atoms with van der Waals surface area (Å²) < 4.78 is 0. The zero-order chi connectivity index (χ0) is 11.7. The zero-order valence-corrected chi connectivity index (χ0v) is 10.6. The summed E-state index contributed by atoms with van der Waals surface area (Å²) >= 11 is 0. The molecule has 2 rings (SSSR count). The largest absolute Gasteiger partial charge is 0.387 e. The lowest BCUT2D eigenvalue weighted by atomic mass is 9.96. The fourth-order valence-corrected chi connectivity index (χ4v) is 2.89. The molecule has 1 atom stereocenters. The van der Waals surface area contributed by atoms with E-state index in [0.29, 0.717) is 0 Å². The van der Waals surface area contributed by atoms with Crippen molar-refractivity contribution in [3.05, 3.63) is 22.5 Å². The molecule has 0 amide bonds. The Morgan fingerprint density at radius 1 is 1.19 bits per heavy atom. The topological polar surface area (TPSA) is 36.0 Å². The van der Waals surface area contributed by atoms with Crippen LogP contribution < -0.4 is 0 Å². The third-order valence-electron chi connectivity index (χ3n) is 4.22. The predicted octanol–water partition coefficient (Wildman–Crippen LogP) is 3.55. The molecule has 0 bridgehead atoms. The molecule has 16 heavy (non-hydrogen) atoms. The lowest BCUT2D eigenvalue weighted by Gasteiger charge is -2.15. The number of aliphatic hydroxyl groups is 1. The van der Waals surface area contributed by atoms with Crippen LogP contribution in [-0.4, -0.2) is 10.1 Å². The van der Waals surface area contributed by atoms with E-state index >= 15 is 0 Å². The summed E-state index contributed by atoms with van der Waals surface area (Å²) in [7, 11) is 0. The molecule has 1 unspecified atom stereocenters. The smallest absolute Gasteiger partial charge is 0.0943 e. The summed E-state index contributed by atoms with van der Waals surface area (Å²) in [5.74, 6) is 0.735. The van der Waals surface area contributed by atoms with Crippen molar-refractivity contribution < 1.29 is 5.11 Å². The van der Waals surface area contributed by atoms with Crippen LogP contribution in [-0.2, 0) is 0 Å². The summed E-state index contributed by atoms with van der Waals surface area (Å²) in [6.07, 6.45) is 5.93. The van der Waals surface area contributed by atoms with Gasteiger partial charge in [0, 0.05) is 11.4 Å². The molecule has 90 valence electrons. The molecule has 2 nitrogen and oxygen atoms in total. The van der Waals surface area contributed by atoms with Crippen molar-refractivity contribution in [2.75, 3.05) is 0 Å². The van der Waals surface area contributed by atoms with Gasteiger partial charge in [-0.15, -0.1) is 0 Å². The van der Waals surface area contributed by atoms with Gasteiger partial charge in [-0.3, -0.25) is 0 Å².